The molecule has 9 heteroatoms. The highest BCUT2D eigenvalue weighted by molar-refractivity contribution is 9.10. The van der Waals surface area contributed by atoms with Gasteiger partial charge in [0.15, 0.2) is 0 Å². The number of carbonyl (C=O) groups is 1. The third-order valence-electron chi connectivity index (χ3n) is 7.26. The Balaban J connectivity index is 1.10. The predicted octanol–water partition coefficient (Wildman–Crippen LogP) is 4.66. The molecule has 2 aromatic rings. The molecule has 7 nitrogen and oxygen atoms in total. The largest absolute Gasteiger partial charge is 0.446 e. The Kier molecular flexibility index (Phi) is 6.79. The Morgan fingerprint density at radius 3 is 2.50 bits per heavy atom. The second kappa shape index (κ2) is 9.66. The van der Waals surface area contributed by atoms with Crippen molar-refractivity contribution in [3.8, 4) is 0 Å². The molecule has 3 heterocycles. The standard InChI is InChI=1S/C25H32BrN5O2S/c1-17-12-30(23-27-11-21(26)22(28-23)34-3)13-18(2)31(17)24(32)33-20-9-25(10-20)15-29(16-25)14-19-7-5-4-6-8-19/h4-8,11,17-18,20H,9-10,12-16H2,1-3H3/t17-,18-/m1/s1. The molecular weight excluding hydrogens is 514 g/mol. The molecule has 0 unspecified atom stereocenters. The normalized spacial score (nSPS) is 24.6. The number of ether oxygens (including phenoxy) is 1. The van der Waals surface area contributed by atoms with Gasteiger partial charge in [-0.15, -0.1) is 11.8 Å². The highest BCUT2D eigenvalue weighted by Gasteiger charge is 2.54. The van der Waals surface area contributed by atoms with E-state index in [1.165, 1.54) is 5.56 Å². The molecule has 2 atom stereocenters. The molecular formula is C25H32BrN5O2S. The lowest BCUT2D eigenvalue weighted by Crippen LogP contribution is -2.65. The van der Waals surface area contributed by atoms with Crippen molar-refractivity contribution in [2.24, 2.45) is 5.41 Å². The minimum atomic E-state index is -0.179. The molecule has 3 aliphatic rings. The van der Waals surface area contributed by atoms with Gasteiger partial charge in [0, 0.05) is 44.3 Å². The van der Waals surface area contributed by atoms with Crippen LogP contribution in [0.25, 0.3) is 0 Å². The number of rotatable bonds is 5. The van der Waals surface area contributed by atoms with Crippen LogP contribution in [0.4, 0.5) is 10.7 Å². The molecule has 1 amide bonds. The number of carbonyl (C=O) groups excluding carboxylic acids is 1. The summed E-state index contributed by atoms with van der Waals surface area (Å²) in [7, 11) is 0. The zero-order valence-electron chi connectivity index (χ0n) is 20.0. The Hall–Kier alpha value is -1.84. The average Bonchev–Trinajstić information content (AvgIpc) is 2.76. The van der Waals surface area contributed by atoms with Crippen molar-refractivity contribution in [3.05, 3.63) is 46.6 Å². The van der Waals surface area contributed by atoms with Crippen LogP contribution in [0.2, 0.25) is 0 Å². The van der Waals surface area contributed by atoms with Crippen LogP contribution in [-0.2, 0) is 11.3 Å². The van der Waals surface area contributed by atoms with Crippen molar-refractivity contribution in [1.29, 1.82) is 0 Å². The van der Waals surface area contributed by atoms with Gasteiger partial charge in [-0.1, -0.05) is 30.3 Å². The number of piperazine rings is 1. The molecule has 1 aromatic heterocycles. The van der Waals surface area contributed by atoms with Gasteiger partial charge in [-0.25, -0.2) is 14.8 Å². The first-order valence-corrected chi connectivity index (χ1v) is 13.9. The third kappa shape index (κ3) is 4.79. The topological polar surface area (TPSA) is 61.8 Å². The molecule has 1 aromatic carbocycles. The summed E-state index contributed by atoms with van der Waals surface area (Å²) in [6.07, 6.45) is 5.64. The van der Waals surface area contributed by atoms with E-state index in [0.717, 1.165) is 42.0 Å². The van der Waals surface area contributed by atoms with Crippen LogP contribution in [-0.4, -0.2) is 76.5 Å². The van der Waals surface area contributed by atoms with Crippen LogP contribution in [0.1, 0.15) is 32.3 Å². The summed E-state index contributed by atoms with van der Waals surface area (Å²) in [5.41, 5.74) is 1.71. The van der Waals surface area contributed by atoms with Gasteiger partial charge < -0.3 is 9.64 Å². The Labute approximate surface area is 214 Å². The summed E-state index contributed by atoms with van der Waals surface area (Å²) in [6, 6.07) is 10.7. The van der Waals surface area contributed by atoms with Gasteiger partial charge >= 0.3 is 6.09 Å². The number of hydrogen-bond acceptors (Lipinski definition) is 7. The number of anilines is 1. The molecule has 0 radical (unpaired) electrons. The van der Waals surface area contributed by atoms with E-state index in [0.29, 0.717) is 24.5 Å². The lowest BCUT2D eigenvalue weighted by atomic mass is 9.61. The molecule has 5 rings (SSSR count). The number of halogens is 1. The van der Waals surface area contributed by atoms with E-state index in [4.69, 9.17) is 4.74 Å². The number of benzene rings is 1. The fourth-order valence-corrected chi connectivity index (χ4v) is 6.89. The molecule has 3 fully saturated rings. The summed E-state index contributed by atoms with van der Waals surface area (Å²) in [6.45, 7) is 8.75. The maximum atomic E-state index is 13.1. The minimum Gasteiger partial charge on any atom is -0.446 e. The molecule has 34 heavy (non-hydrogen) atoms. The van der Waals surface area contributed by atoms with E-state index in [2.05, 4.69) is 79.9 Å². The third-order valence-corrected chi connectivity index (χ3v) is 8.80. The molecule has 182 valence electrons. The smallest absolute Gasteiger partial charge is 0.410 e. The SMILES string of the molecule is CSc1nc(N2C[C@@H](C)N(C(=O)OC3CC4(C3)CN(Cc3ccccc3)C4)[C@H](C)C2)ncc1Br. The highest BCUT2D eigenvalue weighted by Crippen LogP contribution is 2.50. The molecule has 2 saturated heterocycles. The van der Waals surface area contributed by atoms with Crippen LogP contribution in [0, 0.1) is 5.41 Å². The number of thioether (sulfide) groups is 1. The van der Waals surface area contributed by atoms with Crippen molar-refractivity contribution >= 4 is 39.7 Å². The van der Waals surface area contributed by atoms with Gasteiger partial charge in [0.1, 0.15) is 11.1 Å². The molecule has 1 spiro atoms. The summed E-state index contributed by atoms with van der Waals surface area (Å²) < 4.78 is 6.86. The zero-order valence-corrected chi connectivity index (χ0v) is 22.4. The quantitative estimate of drug-likeness (QED) is 0.399. The summed E-state index contributed by atoms with van der Waals surface area (Å²) >= 11 is 5.09. The first-order chi connectivity index (χ1) is 16.4. The second-order valence-corrected chi connectivity index (χ2v) is 11.7. The average molecular weight is 547 g/mol. The number of nitrogens with zero attached hydrogens (tertiary/aromatic N) is 5. The van der Waals surface area contributed by atoms with Crippen LogP contribution in [0.3, 0.4) is 0 Å². The molecule has 2 aliphatic heterocycles. The summed E-state index contributed by atoms with van der Waals surface area (Å²) in [5.74, 6) is 0.713. The lowest BCUT2D eigenvalue weighted by molar-refractivity contribution is -0.137. The second-order valence-electron chi connectivity index (χ2n) is 10.1. The molecule has 0 bridgehead atoms. The van der Waals surface area contributed by atoms with Gasteiger partial charge in [0.25, 0.3) is 0 Å². The number of amides is 1. The van der Waals surface area contributed by atoms with Gasteiger partial charge in [-0.2, -0.15) is 0 Å². The Bertz CT molecular complexity index is 1020. The first-order valence-electron chi connectivity index (χ1n) is 11.9. The van der Waals surface area contributed by atoms with Crippen LogP contribution in [0.5, 0.6) is 0 Å². The van der Waals surface area contributed by atoms with Crippen molar-refractivity contribution in [1.82, 2.24) is 19.8 Å². The van der Waals surface area contributed by atoms with Gasteiger partial charge in [-0.3, -0.25) is 9.80 Å². The van der Waals surface area contributed by atoms with Crippen molar-refractivity contribution in [2.75, 3.05) is 37.3 Å². The van der Waals surface area contributed by atoms with E-state index < -0.39 is 0 Å². The maximum absolute atomic E-state index is 13.1. The van der Waals surface area contributed by atoms with Crippen LogP contribution in [0.15, 0.2) is 46.0 Å². The van der Waals surface area contributed by atoms with Gasteiger partial charge in [0.2, 0.25) is 5.95 Å². The van der Waals surface area contributed by atoms with Crippen molar-refractivity contribution in [3.63, 3.8) is 0 Å². The highest BCUT2D eigenvalue weighted by atomic mass is 79.9. The van der Waals surface area contributed by atoms with E-state index >= 15 is 0 Å². The minimum absolute atomic E-state index is 0.0281. The predicted molar refractivity (Wildman–Crippen MR) is 138 cm³/mol. The van der Waals surface area contributed by atoms with E-state index in [9.17, 15) is 4.79 Å². The zero-order chi connectivity index (χ0) is 23.9. The van der Waals surface area contributed by atoms with Crippen molar-refractivity contribution < 1.29 is 9.53 Å². The van der Waals surface area contributed by atoms with Gasteiger partial charge in [-0.05, 0) is 54.4 Å². The van der Waals surface area contributed by atoms with E-state index in [1.807, 2.05) is 11.2 Å². The fraction of sp³-hybridized carbons (Fsp3) is 0.560. The van der Waals surface area contributed by atoms with E-state index in [1.54, 1.807) is 18.0 Å². The van der Waals surface area contributed by atoms with Crippen LogP contribution < -0.4 is 4.90 Å². The number of hydrogen-bond donors (Lipinski definition) is 0. The number of likely N-dealkylation sites (tertiary alicyclic amines) is 1. The van der Waals surface area contributed by atoms with E-state index in [-0.39, 0.29) is 24.3 Å². The molecule has 1 saturated carbocycles. The van der Waals surface area contributed by atoms with Crippen molar-refractivity contribution in [2.45, 2.75) is 56.4 Å². The number of aromatic nitrogens is 2. The Morgan fingerprint density at radius 2 is 1.85 bits per heavy atom. The Morgan fingerprint density at radius 1 is 1.18 bits per heavy atom. The first kappa shape index (κ1) is 23.9. The van der Waals surface area contributed by atoms with Gasteiger partial charge in [0.05, 0.1) is 16.6 Å². The summed E-state index contributed by atoms with van der Waals surface area (Å²) in [5, 5.41) is 0.921. The molecule has 1 aliphatic carbocycles. The monoisotopic (exact) mass is 545 g/mol. The summed E-state index contributed by atoms with van der Waals surface area (Å²) in [4.78, 5) is 28.8. The molecule has 0 N–H and O–H groups in total. The fourth-order valence-electron chi connectivity index (χ4n) is 5.79. The lowest BCUT2D eigenvalue weighted by Gasteiger charge is -2.58. The maximum Gasteiger partial charge on any atom is 0.410 e. The van der Waals surface area contributed by atoms with Crippen LogP contribution >= 0.6 is 27.7 Å².